The molecule has 1 aromatic carbocycles. The van der Waals surface area contributed by atoms with Crippen LogP contribution in [-0.2, 0) is 0 Å². The molecule has 0 N–H and O–H groups in total. The molecule has 0 amide bonds. The van der Waals surface area contributed by atoms with Crippen LogP contribution in [0.3, 0.4) is 0 Å². The fraction of sp³-hybridized carbons (Fsp3) is 0.647. The molecule has 4 heteroatoms. The fourth-order valence-electron chi connectivity index (χ4n) is 1.51. The van der Waals surface area contributed by atoms with E-state index in [4.69, 9.17) is 4.74 Å². The van der Waals surface area contributed by atoms with Crippen molar-refractivity contribution in [1.82, 2.24) is 0 Å². The largest absolute Gasteiger partial charge is 0.465 e. The van der Waals surface area contributed by atoms with Crippen LogP contribution >= 0.6 is 11.8 Å². The molecule has 1 aromatic rings. The van der Waals surface area contributed by atoms with Gasteiger partial charge in [-0.3, -0.25) is 0 Å². The van der Waals surface area contributed by atoms with E-state index >= 15 is 0 Å². The van der Waals surface area contributed by atoms with E-state index in [-0.39, 0.29) is 10.3 Å². The van der Waals surface area contributed by atoms with E-state index < -0.39 is 5.72 Å². The van der Waals surface area contributed by atoms with E-state index in [1.807, 2.05) is 58.5 Å². The molecule has 118 valence electrons. The third-order valence-corrected chi connectivity index (χ3v) is 3.33. The number of ether oxygens (including phenoxy) is 1. The van der Waals surface area contributed by atoms with Gasteiger partial charge in [0.05, 0.1) is 5.54 Å². The van der Waals surface area contributed by atoms with Crippen LogP contribution in [0.1, 0.15) is 55.4 Å². The van der Waals surface area contributed by atoms with E-state index in [1.54, 1.807) is 0 Å². The van der Waals surface area contributed by atoms with Crippen molar-refractivity contribution in [2.45, 2.75) is 76.3 Å². The first kappa shape index (κ1) is 18.0. The summed E-state index contributed by atoms with van der Waals surface area (Å²) in [5.74, 6) is 0.811. The van der Waals surface area contributed by atoms with Crippen LogP contribution < -0.4 is 4.74 Å². The third kappa shape index (κ3) is 8.10. The summed E-state index contributed by atoms with van der Waals surface area (Å²) in [7, 11) is 0. The summed E-state index contributed by atoms with van der Waals surface area (Å²) in [4.78, 5) is 1.24. The third-order valence-electron chi connectivity index (χ3n) is 2.21. The van der Waals surface area contributed by atoms with Crippen molar-refractivity contribution in [1.29, 1.82) is 0 Å². The van der Waals surface area contributed by atoms with E-state index in [0.717, 1.165) is 5.75 Å². The summed E-state index contributed by atoms with van der Waals surface area (Å²) in [5, 5.41) is 8.59. The average molecular weight is 308 g/mol. The van der Waals surface area contributed by atoms with Gasteiger partial charge in [0.25, 0.3) is 0 Å². The molecule has 0 aromatic heterocycles. The van der Waals surface area contributed by atoms with Crippen molar-refractivity contribution in [3.05, 3.63) is 24.3 Å². The SMILES string of the molecule is CC(C)(C)N=NC(C)(C)Oc1ccc(SC(C)(C)C)cc1. The normalized spacial score (nSPS) is 13.7. The van der Waals surface area contributed by atoms with Gasteiger partial charge in [-0.2, -0.15) is 5.11 Å². The second kappa shape index (κ2) is 6.39. The maximum Gasteiger partial charge on any atom is 0.213 e. The Kier molecular flexibility index (Phi) is 5.48. The lowest BCUT2D eigenvalue weighted by atomic mass is 10.1. The predicted octanol–water partition coefficient (Wildman–Crippen LogP) is 5.94. The number of hydrogen-bond acceptors (Lipinski definition) is 4. The number of azo groups is 1. The van der Waals surface area contributed by atoms with E-state index in [2.05, 4.69) is 43.1 Å². The summed E-state index contributed by atoms with van der Waals surface area (Å²) in [6.07, 6.45) is 0. The Morgan fingerprint density at radius 2 is 1.33 bits per heavy atom. The minimum Gasteiger partial charge on any atom is -0.465 e. The molecule has 0 bridgehead atoms. The first-order valence-electron chi connectivity index (χ1n) is 7.29. The molecule has 21 heavy (non-hydrogen) atoms. The Morgan fingerprint density at radius 3 is 1.76 bits per heavy atom. The highest BCUT2D eigenvalue weighted by molar-refractivity contribution is 8.00. The molecule has 0 saturated carbocycles. The Morgan fingerprint density at radius 1 is 0.810 bits per heavy atom. The lowest BCUT2D eigenvalue weighted by Crippen LogP contribution is -2.26. The lowest BCUT2D eigenvalue weighted by molar-refractivity contribution is 0.107. The van der Waals surface area contributed by atoms with E-state index in [0.29, 0.717) is 0 Å². The van der Waals surface area contributed by atoms with Crippen LogP contribution in [0.5, 0.6) is 5.75 Å². The zero-order chi connectivity index (χ0) is 16.3. The van der Waals surface area contributed by atoms with Crippen molar-refractivity contribution >= 4 is 11.8 Å². The molecule has 1 rings (SSSR count). The summed E-state index contributed by atoms with van der Waals surface area (Å²) in [5.41, 5.74) is -0.847. The quantitative estimate of drug-likeness (QED) is 0.509. The predicted molar refractivity (Wildman–Crippen MR) is 91.4 cm³/mol. The topological polar surface area (TPSA) is 34.0 Å². The second-order valence-corrected chi connectivity index (χ2v) is 9.51. The van der Waals surface area contributed by atoms with Crippen LogP contribution in [0.2, 0.25) is 0 Å². The first-order valence-corrected chi connectivity index (χ1v) is 8.10. The molecule has 0 fully saturated rings. The van der Waals surface area contributed by atoms with Gasteiger partial charge in [-0.25, -0.2) is 0 Å². The van der Waals surface area contributed by atoms with Gasteiger partial charge in [-0.15, -0.1) is 16.9 Å². The summed E-state index contributed by atoms with van der Waals surface area (Å²) >= 11 is 1.84. The Bertz CT molecular complexity index is 479. The number of benzene rings is 1. The summed E-state index contributed by atoms with van der Waals surface area (Å²) in [6, 6.07) is 8.15. The molecule has 0 aliphatic carbocycles. The van der Waals surface area contributed by atoms with Crippen LogP contribution in [0.15, 0.2) is 39.4 Å². The molecule has 0 heterocycles. The lowest BCUT2D eigenvalue weighted by Gasteiger charge is -2.23. The van der Waals surface area contributed by atoms with Crippen molar-refractivity contribution in [2.24, 2.45) is 10.2 Å². The highest BCUT2D eigenvalue weighted by Gasteiger charge is 2.20. The fourth-order valence-corrected chi connectivity index (χ4v) is 2.49. The maximum atomic E-state index is 5.91. The van der Waals surface area contributed by atoms with Crippen LogP contribution in [-0.4, -0.2) is 16.0 Å². The van der Waals surface area contributed by atoms with Gasteiger partial charge in [-0.1, -0.05) is 20.8 Å². The molecule has 0 unspecified atom stereocenters. The van der Waals surface area contributed by atoms with Gasteiger partial charge < -0.3 is 4.74 Å². The average Bonchev–Trinajstić information content (AvgIpc) is 2.26. The Hall–Kier alpha value is -1.03. The van der Waals surface area contributed by atoms with Crippen LogP contribution in [0, 0.1) is 0 Å². The van der Waals surface area contributed by atoms with Crippen molar-refractivity contribution in [2.75, 3.05) is 0 Å². The Balaban J connectivity index is 2.73. The van der Waals surface area contributed by atoms with Gasteiger partial charge in [-0.05, 0) is 58.9 Å². The van der Waals surface area contributed by atoms with Gasteiger partial charge in [0, 0.05) is 9.64 Å². The van der Waals surface area contributed by atoms with Gasteiger partial charge in [0.15, 0.2) is 0 Å². The maximum absolute atomic E-state index is 5.91. The monoisotopic (exact) mass is 308 g/mol. The standard InChI is InChI=1S/C17H28N2OS/c1-15(2,3)18-19-17(7,8)20-13-9-11-14(12-10-13)21-16(4,5)6/h9-12H,1-8H3. The minimum absolute atomic E-state index is 0.187. The van der Waals surface area contributed by atoms with Crippen LogP contribution in [0.25, 0.3) is 0 Å². The van der Waals surface area contributed by atoms with Crippen molar-refractivity contribution < 1.29 is 4.74 Å². The molecule has 0 aliphatic rings. The molecule has 0 spiro atoms. The van der Waals surface area contributed by atoms with Gasteiger partial charge in [0.1, 0.15) is 5.75 Å². The zero-order valence-corrected chi connectivity index (χ0v) is 15.3. The van der Waals surface area contributed by atoms with Crippen molar-refractivity contribution in [3.8, 4) is 5.75 Å². The van der Waals surface area contributed by atoms with E-state index in [9.17, 15) is 0 Å². The van der Waals surface area contributed by atoms with Gasteiger partial charge >= 0.3 is 0 Å². The zero-order valence-electron chi connectivity index (χ0n) is 14.5. The first-order chi connectivity index (χ1) is 9.36. The second-order valence-electron chi connectivity index (χ2n) is 7.61. The molecular weight excluding hydrogens is 280 g/mol. The molecule has 0 radical (unpaired) electrons. The molecular formula is C17H28N2OS. The number of nitrogens with zero attached hydrogens (tertiary/aromatic N) is 2. The van der Waals surface area contributed by atoms with Crippen LogP contribution in [0.4, 0.5) is 0 Å². The molecule has 0 saturated heterocycles. The summed E-state index contributed by atoms with van der Waals surface area (Å²) < 4.78 is 6.12. The Labute approximate surface area is 133 Å². The van der Waals surface area contributed by atoms with Crippen molar-refractivity contribution in [3.63, 3.8) is 0 Å². The number of thioether (sulfide) groups is 1. The van der Waals surface area contributed by atoms with E-state index in [1.165, 1.54) is 4.90 Å². The number of rotatable bonds is 4. The number of hydrogen-bond donors (Lipinski definition) is 0. The summed E-state index contributed by atoms with van der Waals surface area (Å²) in [6.45, 7) is 16.5. The minimum atomic E-state index is -0.661. The molecule has 3 nitrogen and oxygen atoms in total. The molecule has 0 aliphatic heterocycles. The highest BCUT2D eigenvalue weighted by Crippen LogP contribution is 2.33. The highest BCUT2D eigenvalue weighted by atomic mass is 32.2. The van der Waals surface area contributed by atoms with Gasteiger partial charge in [0.2, 0.25) is 5.72 Å². The molecule has 0 atom stereocenters. The smallest absolute Gasteiger partial charge is 0.213 e.